The van der Waals surface area contributed by atoms with E-state index in [2.05, 4.69) is 54.6 Å². The van der Waals surface area contributed by atoms with E-state index in [0.29, 0.717) is 47.4 Å². The zero-order chi connectivity index (χ0) is 48.3. The first-order chi connectivity index (χ1) is 32.8. The number of amides is 2. The van der Waals surface area contributed by atoms with Gasteiger partial charge in [0.25, 0.3) is 20.0 Å². The van der Waals surface area contributed by atoms with Crippen molar-refractivity contribution in [2.24, 2.45) is 17.6 Å². The highest BCUT2D eigenvalue weighted by atomic mass is 35.5. The molecule has 10 rings (SSSR count). The zero-order valence-electron chi connectivity index (χ0n) is 38.7. The Morgan fingerprint density at radius 2 is 1.16 bits per heavy atom. The smallest absolute Gasteiger partial charge is 0.317 e. The Bertz CT molecular complexity index is 3280. The number of alkyl halides is 2. The Hall–Kier alpha value is -6.00. The molecule has 0 aliphatic carbocycles. The molecule has 2 amide bonds. The van der Waals surface area contributed by atoms with Crippen LogP contribution in [0.1, 0.15) is 61.0 Å². The van der Waals surface area contributed by atoms with E-state index in [9.17, 15) is 30.4 Å². The largest absolute Gasteiger partial charge is 0.335 e. The minimum absolute atomic E-state index is 0. The van der Waals surface area contributed by atoms with Gasteiger partial charge in [-0.15, -0.1) is 12.4 Å². The lowest BCUT2D eigenvalue weighted by atomic mass is 9.91. The first kappa shape index (κ1) is 50.9. The number of nitrogens with two attached hydrogens (primary N) is 1. The fourth-order valence-electron chi connectivity index (χ4n) is 9.21. The molecule has 0 spiro atoms. The van der Waals surface area contributed by atoms with Crippen molar-refractivity contribution >= 4 is 72.1 Å². The molecule has 2 aliphatic rings. The quantitative estimate of drug-likeness (QED) is 0.126. The third-order valence-electron chi connectivity index (χ3n) is 12.8. The molecule has 8 heterocycles. The summed E-state index contributed by atoms with van der Waals surface area (Å²) in [6.07, 6.45) is 11.9. The van der Waals surface area contributed by atoms with Crippen LogP contribution in [-0.2, 0) is 20.0 Å². The van der Waals surface area contributed by atoms with Crippen molar-refractivity contribution in [3.8, 4) is 0 Å². The first-order valence-electron chi connectivity index (χ1n) is 22.6. The minimum Gasteiger partial charge on any atom is -0.335 e. The molecule has 0 bridgehead atoms. The third kappa shape index (κ3) is 9.79. The highest BCUT2D eigenvalue weighted by molar-refractivity contribution is 7.90. The second-order valence-electron chi connectivity index (χ2n) is 17.1. The maximum atomic E-state index is 13.4. The number of aryl methyl sites for hydroxylation is 2. The molecular formula is C47H57ClF2N12O5S2. The number of rotatable bonds is 11. The zero-order valence-corrected chi connectivity index (χ0v) is 41.2. The number of hydrogen-bond acceptors (Lipinski definition) is 11. The van der Waals surface area contributed by atoms with E-state index >= 15 is 0 Å². The van der Waals surface area contributed by atoms with Crippen LogP contribution in [0.25, 0.3) is 33.6 Å². The normalized spacial score (nSPS) is 18.3. The van der Waals surface area contributed by atoms with Crippen molar-refractivity contribution in [1.82, 2.24) is 52.2 Å². The number of carbonyl (C=O) groups is 1. The molecule has 2 aliphatic heterocycles. The van der Waals surface area contributed by atoms with Crippen LogP contribution in [0.3, 0.4) is 0 Å². The van der Waals surface area contributed by atoms with Gasteiger partial charge in [-0.25, -0.2) is 58.3 Å². The Morgan fingerprint density at radius 3 is 1.61 bits per heavy atom. The molecule has 6 aromatic heterocycles. The summed E-state index contributed by atoms with van der Waals surface area (Å²) < 4.78 is 82.7. The Morgan fingerprint density at radius 1 is 0.681 bits per heavy atom. The maximum Gasteiger partial charge on any atom is 0.317 e. The van der Waals surface area contributed by atoms with E-state index < -0.39 is 33.4 Å². The first-order valence-corrected chi connectivity index (χ1v) is 25.5. The van der Waals surface area contributed by atoms with Crippen molar-refractivity contribution in [3.05, 3.63) is 120 Å². The topological polar surface area (TPSA) is 209 Å². The number of hydrogen-bond donors (Lipinski definition) is 3. The van der Waals surface area contributed by atoms with Gasteiger partial charge in [-0.3, -0.25) is 8.80 Å². The second kappa shape index (κ2) is 21.3. The van der Waals surface area contributed by atoms with Gasteiger partial charge >= 0.3 is 6.03 Å². The Labute approximate surface area is 405 Å². The van der Waals surface area contributed by atoms with Crippen LogP contribution in [0, 0.1) is 25.7 Å². The summed E-state index contributed by atoms with van der Waals surface area (Å²) in [5.74, 6) is 1.07. The van der Waals surface area contributed by atoms with Gasteiger partial charge in [0.05, 0.1) is 33.2 Å². The molecule has 2 fully saturated rings. The van der Waals surface area contributed by atoms with Crippen LogP contribution in [0.5, 0.6) is 0 Å². The number of likely N-dealkylation sites (tertiary alicyclic amines) is 1. The number of carbonyl (C=O) groups excluding carboxylic acids is 1. The number of urea groups is 1. The van der Waals surface area contributed by atoms with Crippen molar-refractivity contribution in [1.29, 1.82) is 0 Å². The van der Waals surface area contributed by atoms with Crippen LogP contribution in [0.15, 0.2) is 108 Å². The number of halogens is 3. The molecule has 22 heteroatoms. The Kier molecular flexibility index (Phi) is 15.7. The second-order valence-corrected chi connectivity index (χ2v) is 20.7. The van der Waals surface area contributed by atoms with Crippen LogP contribution in [0.2, 0.25) is 0 Å². The predicted molar refractivity (Wildman–Crippen MR) is 264 cm³/mol. The van der Waals surface area contributed by atoms with E-state index in [-0.39, 0.29) is 53.2 Å². The van der Waals surface area contributed by atoms with Crippen LogP contribution >= 0.6 is 12.4 Å². The van der Waals surface area contributed by atoms with Gasteiger partial charge in [0, 0.05) is 80.7 Å². The monoisotopic (exact) mass is 1010 g/mol. The summed E-state index contributed by atoms with van der Waals surface area (Å²) in [7, 11) is -7.57. The fourth-order valence-corrected chi connectivity index (χ4v) is 11.8. The number of fused-ring (bicyclic) bond motifs is 6. The van der Waals surface area contributed by atoms with Gasteiger partial charge in [-0.1, -0.05) is 62.1 Å². The standard InChI is InChI=1S/C24H27FN6O3S.C21H23N5O2S.C2H6FN.ClH/c1-3-17-14-29(24(32)26-10-9-25)15-19(17)21-12-27-22-13-28-23-20(31(21)22)8-11-30(23)35(33,34)18-6-4-16(2)5-7-18;1-3-15-10-22-11-17(15)19-12-23-20-13-24-21-18(26(19)20)8-9-25(21)29(27,28)16-6-4-14(2)5-7-16;3-1-2-4;/h4-8,11-13,17,19H,3,9-10,14-15H2,1-2H3,(H,26,32);4-9,12-13,15,17,22H,3,10-11H2,1-2H3;1-2,4H2;1H/t17-,19+;15-,17+;;/m11../s1. The minimum atomic E-state index is -3.84. The van der Waals surface area contributed by atoms with E-state index in [1.807, 2.05) is 30.5 Å². The fraction of sp³-hybridized carbons (Fsp3) is 0.383. The highest BCUT2D eigenvalue weighted by Crippen LogP contribution is 2.37. The van der Waals surface area contributed by atoms with Crippen molar-refractivity contribution in [2.75, 3.05) is 52.6 Å². The van der Waals surface area contributed by atoms with E-state index in [1.54, 1.807) is 84.3 Å². The lowest BCUT2D eigenvalue weighted by Crippen LogP contribution is -2.39. The highest BCUT2D eigenvalue weighted by Gasteiger charge is 2.37. The van der Waals surface area contributed by atoms with Crippen molar-refractivity contribution in [2.45, 2.75) is 62.2 Å². The van der Waals surface area contributed by atoms with Gasteiger partial charge in [0.1, 0.15) is 13.3 Å². The number of nitrogens with zero attached hydrogens (tertiary/aromatic N) is 9. The molecule has 2 saturated heterocycles. The molecule has 0 saturated carbocycles. The molecule has 69 heavy (non-hydrogen) atoms. The predicted octanol–water partition coefficient (Wildman–Crippen LogP) is 6.61. The number of benzene rings is 2. The lowest BCUT2D eigenvalue weighted by molar-refractivity contribution is 0.205. The summed E-state index contributed by atoms with van der Waals surface area (Å²) in [6.45, 7) is 10.2. The average molecular weight is 1010 g/mol. The summed E-state index contributed by atoms with van der Waals surface area (Å²) >= 11 is 0. The van der Waals surface area contributed by atoms with E-state index in [1.165, 1.54) is 14.1 Å². The molecule has 2 aromatic carbocycles. The average Bonchev–Trinajstić information content (AvgIpc) is 4.21. The summed E-state index contributed by atoms with van der Waals surface area (Å²) in [5, 5.41) is 6.07. The maximum absolute atomic E-state index is 13.4. The van der Waals surface area contributed by atoms with Crippen molar-refractivity contribution < 1.29 is 30.4 Å². The molecule has 368 valence electrons. The summed E-state index contributed by atoms with van der Waals surface area (Å²) in [6, 6.07) is 16.8. The number of imidazole rings is 2. The molecule has 8 aromatic rings. The molecule has 4 atom stereocenters. The van der Waals surface area contributed by atoms with Gasteiger partial charge in [0.2, 0.25) is 0 Å². The van der Waals surface area contributed by atoms with E-state index in [4.69, 9.17) is 0 Å². The van der Waals surface area contributed by atoms with Crippen LogP contribution in [0.4, 0.5) is 13.6 Å². The van der Waals surface area contributed by atoms with Gasteiger partial charge in [-0.2, -0.15) is 0 Å². The third-order valence-corrected chi connectivity index (χ3v) is 16.2. The molecule has 0 radical (unpaired) electrons. The summed E-state index contributed by atoms with van der Waals surface area (Å²) in [4.78, 5) is 32.5. The molecule has 4 N–H and O–H groups in total. The number of nitrogens with one attached hydrogen (secondary N) is 2. The molecular weight excluding hydrogens is 950 g/mol. The number of aromatic nitrogens is 8. The van der Waals surface area contributed by atoms with Gasteiger partial charge < -0.3 is 21.3 Å². The SMILES string of the molecule is CC[C@@H]1CN(C(=O)NCCF)C[C@@H]1c1cnc2cnc3c(ccn3S(=O)(=O)c3ccc(C)cc3)n12.CC[C@@H]1CNC[C@@H]1c1cnc2cnc3c(ccn3S(=O)(=O)c3ccc(C)cc3)n12.Cl.NCCF. The Balaban J connectivity index is 0.000000189. The van der Waals surface area contributed by atoms with Crippen molar-refractivity contribution in [3.63, 3.8) is 0 Å². The van der Waals surface area contributed by atoms with E-state index in [0.717, 1.165) is 59.6 Å². The molecule has 0 unspecified atom stereocenters. The molecule has 17 nitrogen and oxygen atoms in total. The van der Waals surface area contributed by atoms with Gasteiger partial charge in [-0.05, 0) is 68.6 Å². The van der Waals surface area contributed by atoms with Crippen LogP contribution in [-0.4, -0.2) is 117 Å². The van der Waals surface area contributed by atoms with Crippen LogP contribution < -0.4 is 16.4 Å². The van der Waals surface area contributed by atoms with Gasteiger partial charge in [0.15, 0.2) is 22.6 Å². The lowest BCUT2D eigenvalue weighted by Gasteiger charge is -2.17. The summed E-state index contributed by atoms with van der Waals surface area (Å²) in [5.41, 5.74) is 12.1.